The fourth-order valence-electron chi connectivity index (χ4n) is 2.92. The highest BCUT2D eigenvalue weighted by Gasteiger charge is 2.21. The van der Waals surface area contributed by atoms with Gasteiger partial charge in [0.2, 0.25) is 0 Å². The monoisotopic (exact) mass is 303 g/mol. The summed E-state index contributed by atoms with van der Waals surface area (Å²) in [5.74, 6) is 1.55. The summed E-state index contributed by atoms with van der Waals surface area (Å²) in [6.07, 6.45) is 7.09. The molecule has 2 heterocycles. The highest BCUT2D eigenvalue weighted by Crippen LogP contribution is 2.23. The van der Waals surface area contributed by atoms with E-state index < -0.39 is 0 Å². The molecule has 0 radical (unpaired) electrons. The van der Waals surface area contributed by atoms with Gasteiger partial charge in [-0.25, -0.2) is 0 Å². The van der Waals surface area contributed by atoms with Crippen LogP contribution in [0.25, 0.3) is 5.65 Å². The lowest BCUT2D eigenvalue weighted by atomic mass is 9.86. The van der Waals surface area contributed by atoms with Crippen molar-refractivity contribution in [3.05, 3.63) is 30.2 Å². The van der Waals surface area contributed by atoms with Crippen LogP contribution in [0.3, 0.4) is 0 Å². The van der Waals surface area contributed by atoms with E-state index in [0.29, 0.717) is 23.6 Å². The molecule has 112 valence electrons. The summed E-state index contributed by atoms with van der Waals surface area (Å²) in [6.45, 7) is 2.88. The first-order valence-electron chi connectivity index (χ1n) is 7.57. The zero-order valence-electron chi connectivity index (χ0n) is 12.2. The van der Waals surface area contributed by atoms with Crippen molar-refractivity contribution in [3.8, 4) is 0 Å². The van der Waals surface area contributed by atoms with Crippen LogP contribution >= 0.6 is 12.2 Å². The summed E-state index contributed by atoms with van der Waals surface area (Å²) < 4.78 is 1.97. The quantitative estimate of drug-likeness (QED) is 0.852. The standard InChI is InChI=1S/C15H21N5S/c1-11-6-2-3-7-12(11)17-15(21)16-10-14-19-18-13-8-4-5-9-20(13)14/h4-5,8-9,11-12H,2-3,6-7,10H2,1H3,(H2,16,17,21)/t11-,12+/m1/s1. The molecule has 0 aromatic carbocycles. The van der Waals surface area contributed by atoms with Crippen LogP contribution in [0.1, 0.15) is 38.4 Å². The third-order valence-corrected chi connectivity index (χ3v) is 4.48. The first-order chi connectivity index (χ1) is 10.2. The van der Waals surface area contributed by atoms with E-state index in [9.17, 15) is 0 Å². The second-order valence-electron chi connectivity index (χ2n) is 5.74. The van der Waals surface area contributed by atoms with E-state index in [1.54, 1.807) is 0 Å². The van der Waals surface area contributed by atoms with Gasteiger partial charge in [0.15, 0.2) is 16.6 Å². The Balaban J connectivity index is 1.56. The molecule has 0 aliphatic heterocycles. The molecule has 0 saturated heterocycles. The number of pyridine rings is 1. The van der Waals surface area contributed by atoms with Gasteiger partial charge in [0.05, 0.1) is 6.54 Å². The van der Waals surface area contributed by atoms with Crippen molar-refractivity contribution in [2.24, 2.45) is 5.92 Å². The SMILES string of the molecule is C[C@@H]1CCCC[C@@H]1NC(=S)NCc1nnc2ccccn12. The van der Waals surface area contributed by atoms with Crippen LogP contribution in [-0.2, 0) is 6.54 Å². The van der Waals surface area contributed by atoms with Crippen LogP contribution < -0.4 is 10.6 Å². The summed E-state index contributed by atoms with van der Waals surface area (Å²) in [6, 6.07) is 6.36. The first-order valence-corrected chi connectivity index (χ1v) is 7.98. The number of nitrogens with one attached hydrogen (secondary N) is 2. The first kappa shape index (κ1) is 14.3. The minimum absolute atomic E-state index is 0.494. The molecule has 1 saturated carbocycles. The molecule has 3 rings (SSSR count). The Morgan fingerprint density at radius 2 is 2.19 bits per heavy atom. The maximum absolute atomic E-state index is 5.40. The molecule has 1 aliphatic carbocycles. The second kappa shape index (κ2) is 6.39. The molecule has 0 bridgehead atoms. The fraction of sp³-hybridized carbons (Fsp3) is 0.533. The van der Waals surface area contributed by atoms with Crippen molar-refractivity contribution in [3.63, 3.8) is 0 Å². The molecule has 2 N–H and O–H groups in total. The van der Waals surface area contributed by atoms with Gasteiger partial charge in [-0.05, 0) is 43.1 Å². The Bertz CT molecular complexity index is 623. The molecule has 0 spiro atoms. The molecule has 5 nitrogen and oxygen atoms in total. The highest BCUT2D eigenvalue weighted by molar-refractivity contribution is 7.80. The largest absolute Gasteiger partial charge is 0.360 e. The Labute approximate surface area is 130 Å². The van der Waals surface area contributed by atoms with Gasteiger partial charge in [-0.15, -0.1) is 10.2 Å². The maximum atomic E-state index is 5.40. The van der Waals surface area contributed by atoms with Crippen molar-refractivity contribution >= 4 is 23.0 Å². The van der Waals surface area contributed by atoms with E-state index >= 15 is 0 Å². The maximum Gasteiger partial charge on any atom is 0.166 e. The van der Waals surface area contributed by atoms with Crippen molar-refractivity contribution in [1.29, 1.82) is 0 Å². The van der Waals surface area contributed by atoms with Gasteiger partial charge in [-0.1, -0.05) is 25.8 Å². The zero-order chi connectivity index (χ0) is 14.7. The average Bonchev–Trinajstić information content (AvgIpc) is 2.91. The van der Waals surface area contributed by atoms with Crippen LogP contribution in [0.2, 0.25) is 0 Å². The zero-order valence-corrected chi connectivity index (χ0v) is 13.1. The Hall–Kier alpha value is -1.69. The van der Waals surface area contributed by atoms with Crippen molar-refractivity contribution < 1.29 is 0 Å². The number of hydrogen-bond donors (Lipinski definition) is 2. The van der Waals surface area contributed by atoms with Gasteiger partial charge in [0.25, 0.3) is 0 Å². The van der Waals surface area contributed by atoms with Crippen molar-refractivity contribution in [1.82, 2.24) is 25.2 Å². The molecule has 1 fully saturated rings. The smallest absolute Gasteiger partial charge is 0.166 e. The Morgan fingerprint density at radius 1 is 1.33 bits per heavy atom. The normalized spacial score (nSPS) is 22.1. The molecule has 6 heteroatoms. The van der Waals surface area contributed by atoms with E-state index in [1.165, 1.54) is 25.7 Å². The molecular formula is C15H21N5S. The summed E-state index contributed by atoms with van der Waals surface area (Å²) in [5, 5.41) is 15.7. The van der Waals surface area contributed by atoms with Gasteiger partial charge >= 0.3 is 0 Å². The highest BCUT2D eigenvalue weighted by atomic mass is 32.1. The molecule has 2 aromatic rings. The second-order valence-corrected chi connectivity index (χ2v) is 6.15. The number of hydrogen-bond acceptors (Lipinski definition) is 3. The Kier molecular flexibility index (Phi) is 4.34. The van der Waals surface area contributed by atoms with Gasteiger partial charge in [0, 0.05) is 12.2 Å². The number of aromatic nitrogens is 3. The minimum atomic E-state index is 0.494. The lowest BCUT2D eigenvalue weighted by molar-refractivity contribution is 0.308. The van der Waals surface area contributed by atoms with Gasteiger partial charge < -0.3 is 10.6 Å². The molecule has 0 amide bonds. The van der Waals surface area contributed by atoms with E-state index in [4.69, 9.17) is 12.2 Å². The average molecular weight is 303 g/mol. The molecule has 2 aromatic heterocycles. The lowest BCUT2D eigenvalue weighted by Crippen LogP contribution is -2.45. The minimum Gasteiger partial charge on any atom is -0.360 e. The molecule has 1 aliphatic rings. The predicted molar refractivity (Wildman–Crippen MR) is 87.0 cm³/mol. The molecule has 2 atom stereocenters. The van der Waals surface area contributed by atoms with Crippen LogP contribution in [0.5, 0.6) is 0 Å². The summed E-state index contributed by atoms with van der Waals surface area (Å²) in [5.41, 5.74) is 0.856. The molecule has 0 unspecified atom stereocenters. The van der Waals surface area contributed by atoms with Gasteiger partial charge in [0.1, 0.15) is 0 Å². The fourth-order valence-corrected chi connectivity index (χ4v) is 3.14. The van der Waals surface area contributed by atoms with Gasteiger partial charge in [-0.2, -0.15) is 0 Å². The van der Waals surface area contributed by atoms with E-state index in [1.807, 2.05) is 28.8 Å². The van der Waals surface area contributed by atoms with Gasteiger partial charge in [-0.3, -0.25) is 4.40 Å². The third-order valence-electron chi connectivity index (χ3n) is 4.22. The summed E-state index contributed by atoms with van der Waals surface area (Å²) in [4.78, 5) is 0. The van der Waals surface area contributed by atoms with Crippen LogP contribution in [0.15, 0.2) is 24.4 Å². The number of thiocarbonyl (C=S) groups is 1. The Morgan fingerprint density at radius 3 is 3.05 bits per heavy atom. The van der Waals surface area contributed by atoms with E-state index in [-0.39, 0.29) is 0 Å². The van der Waals surface area contributed by atoms with Crippen LogP contribution in [-0.4, -0.2) is 25.8 Å². The number of fused-ring (bicyclic) bond motifs is 1. The van der Waals surface area contributed by atoms with Crippen molar-refractivity contribution in [2.45, 2.75) is 45.2 Å². The summed E-state index contributed by atoms with van der Waals surface area (Å²) >= 11 is 5.40. The molecular weight excluding hydrogens is 282 g/mol. The van der Waals surface area contributed by atoms with E-state index in [0.717, 1.165) is 11.5 Å². The summed E-state index contributed by atoms with van der Waals surface area (Å²) in [7, 11) is 0. The van der Waals surface area contributed by atoms with Crippen LogP contribution in [0, 0.1) is 5.92 Å². The number of rotatable bonds is 3. The topological polar surface area (TPSA) is 54.2 Å². The van der Waals surface area contributed by atoms with E-state index in [2.05, 4.69) is 27.8 Å². The van der Waals surface area contributed by atoms with Crippen molar-refractivity contribution in [2.75, 3.05) is 0 Å². The number of nitrogens with zero attached hydrogens (tertiary/aromatic N) is 3. The third kappa shape index (κ3) is 3.32. The predicted octanol–water partition coefficient (Wildman–Crippen LogP) is 2.27. The lowest BCUT2D eigenvalue weighted by Gasteiger charge is -2.30. The molecule has 21 heavy (non-hydrogen) atoms. The van der Waals surface area contributed by atoms with Crippen LogP contribution in [0.4, 0.5) is 0 Å².